The van der Waals surface area contributed by atoms with E-state index in [1.165, 1.54) is 0 Å². The maximum absolute atomic E-state index is 11.6. The van der Waals surface area contributed by atoms with Gasteiger partial charge in [0.15, 0.2) is 6.10 Å². The summed E-state index contributed by atoms with van der Waals surface area (Å²) in [5, 5.41) is 20.3. The van der Waals surface area contributed by atoms with Crippen LogP contribution in [0, 0.1) is 6.92 Å². The molecule has 0 aliphatic heterocycles. The molecule has 0 saturated heterocycles. The molecule has 5 heteroatoms. The summed E-state index contributed by atoms with van der Waals surface area (Å²) < 4.78 is 5.54. The van der Waals surface area contributed by atoms with Crippen LogP contribution in [0.2, 0.25) is 0 Å². The van der Waals surface area contributed by atoms with E-state index in [2.05, 4.69) is 15.9 Å². The predicted molar refractivity (Wildman–Crippen MR) is 76.2 cm³/mol. The third-order valence-corrected chi connectivity index (χ3v) is 3.80. The lowest BCUT2D eigenvalue weighted by Gasteiger charge is -2.19. The van der Waals surface area contributed by atoms with E-state index in [-0.39, 0.29) is 23.8 Å². The highest BCUT2D eigenvalue weighted by Gasteiger charge is 2.27. The molecule has 1 rings (SSSR count). The number of hydrogen-bond donors (Lipinski definition) is 2. The number of phenols is 1. The van der Waals surface area contributed by atoms with Crippen LogP contribution in [0.4, 0.5) is 0 Å². The summed E-state index contributed by atoms with van der Waals surface area (Å²) in [7, 11) is 0. The van der Waals surface area contributed by atoms with E-state index in [1.54, 1.807) is 19.9 Å². The normalized spacial score (nSPS) is 12.6. The Morgan fingerprint density at radius 2 is 2.05 bits per heavy atom. The average Bonchev–Trinajstić information content (AvgIpc) is 2.33. The number of hydrogen-bond acceptors (Lipinski definition) is 4. The van der Waals surface area contributed by atoms with Crippen molar-refractivity contribution in [2.45, 2.75) is 39.7 Å². The van der Waals surface area contributed by atoms with Crippen LogP contribution in [-0.4, -0.2) is 22.8 Å². The summed E-state index contributed by atoms with van der Waals surface area (Å²) >= 11 is 3.38. The van der Waals surface area contributed by atoms with Crippen molar-refractivity contribution in [3.05, 3.63) is 27.2 Å². The Kier molecular flexibility index (Phi) is 5.38. The fourth-order valence-electron chi connectivity index (χ4n) is 1.89. The summed E-state index contributed by atoms with van der Waals surface area (Å²) in [5.74, 6) is -0.727. The highest BCUT2D eigenvalue weighted by Crippen LogP contribution is 2.39. The third kappa shape index (κ3) is 3.28. The predicted octanol–water partition coefficient (Wildman–Crippen LogP) is 3.18. The van der Waals surface area contributed by atoms with Gasteiger partial charge in [-0.15, -0.1) is 0 Å². The van der Waals surface area contributed by atoms with Crippen LogP contribution in [0.15, 0.2) is 10.5 Å². The molecule has 0 aliphatic carbocycles. The first kappa shape index (κ1) is 16.0. The maximum Gasteiger partial charge on any atom is 0.339 e. The van der Waals surface area contributed by atoms with Gasteiger partial charge in [0.1, 0.15) is 5.75 Å². The fraction of sp³-hybridized carbons (Fsp3) is 0.500. The SMILES string of the molecule is CCOC(=O)C(O)c1c(C)c(Br)cc(C(C)C)c1O. The van der Waals surface area contributed by atoms with Gasteiger partial charge < -0.3 is 14.9 Å². The minimum Gasteiger partial charge on any atom is -0.507 e. The number of aromatic hydroxyl groups is 1. The van der Waals surface area contributed by atoms with E-state index in [9.17, 15) is 15.0 Å². The van der Waals surface area contributed by atoms with Crippen molar-refractivity contribution in [3.8, 4) is 5.75 Å². The van der Waals surface area contributed by atoms with Crippen LogP contribution in [0.25, 0.3) is 0 Å². The molecule has 0 fully saturated rings. The van der Waals surface area contributed by atoms with Crippen LogP contribution in [-0.2, 0) is 9.53 Å². The highest BCUT2D eigenvalue weighted by molar-refractivity contribution is 9.10. The van der Waals surface area contributed by atoms with Gasteiger partial charge >= 0.3 is 5.97 Å². The highest BCUT2D eigenvalue weighted by atomic mass is 79.9. The van der Waals surface area contributed by atoms with Crippen molar-refractivity contribution >= 4 is 21.9 Å². The Labute approximate surface area is 121 Å². The van der Waals surface area contributed by atoms with Crippen molar-refractivity contribution < 1.29 is 19.7 Å². The third-order valence-electron chi connectivity index (χ3n) is 2.98. The zero-order valence-electron chi connectivity index (χ0n) is 11.5. The van der Waals surface area contributed by atoms with Crippen LogP contribution < -0.4 is 0 Å². The number of carbonyl (C=O) groups excluding carboxylic acids is 1. The summed E-state index contributed by atoms with van der Waals surface area (Å²) in [6, 6.07) is 1.80. The monoisotopic (exact) mass is 330 g/mol. The minimum absolute atomic E-state index is 0.0451. The Morgan fingerprint density at radius 3 is 2.53 bits per heavy atom. The Balaban J connectivity index is 3.37. The molecular formula is C14H19BrO4. The molecule has 0 bridgehead atoms. The zero-order chi connectivity index (χ0) is 14.7. The molecule has 1 aromatic rings. The molecule has 0 saturated carbocycles. The first-order valence-electron chi connectivity index (χ1n) is 6.17. The molecule has 0 heterocycles. The molecule has 19 heavy (non-hydrogen) atoms. The van der Waals surface area contributed by atoms with E-state index in [1.807, 2.05) is 13.8 Å². The molecule has 1 unspecified atom stereocenters. The molecule has 0 aliphatic rings. The largest absolute Gasteiger partial charge is 0.507 e. The molecule has 106 valence electrons. The van der Waals surface area contributed by atoms with E-state index in [4.69, 9.17) is 4.74 Å². The number of halogens is 1. The number of phenolic OH excluding ortho intramolecular Hbond substituents is 1. The molecule has 1 aromatic carbocycles. The summed E-state index contributed by atoms with van der Waals surface area (Å²) in [6.07, 6.45) is -1.48. The second-order valence-electron chi connectivity index (χ2n) is 4.64. The summed E-state index contributed by atoms with van der Waals surface area (Å²) in [6.45, 7) is 7.43. The molecule has 0 amide bonds. The lowest BCUT2D eigenvalue weighted by atomic mass is 9.93. The smallest absolute Gasteiger partial charge is 0.339 e. The van der Waals surface area contributed by atoms with E-state index in [0.717, 1.165) is 4.47 Å². The zero-order valence-corrected chi connectivity index (χ0v) is 13.1. The van der Waals surface area contributed by atoms with Crippen LogP contribution in [0.3, 0.4) is 0 Å². The molecule has 0 aromatic heterocycles. The van der Waals surface area contributed by atoms with Crippen molar-refractivity contribution in [1.29, 1.82) is 0 Å². The van der Waals surface area contributed by atoms with Crippen LogP contribution in [0.5, 0.6) is 5.75 Å². The topological polar surface area (TPSA) is 66.8 Å². The first-order valence-corrected chi connectivity index (χ1v) is 6.97. The van der Waals surface area contributed by atoms with Crippen molar-refractivity contribution in [2.24, 2.45) is 0 Å². The number of benzene rings is 1. The number of aliphatic hydroxyl groups excluding tert-OH is 1. The lowest BCUT2D eigenvalue weighted by molar-refractivity contribution is -0.153. The number of esters is 1. The first-order chi connectivity index (χ1) is 8.81. The van der Waals surface area contributed by atoms with Crippen LogP contribution >= 0.6 is 15.9 Å². The van der Waals surface area contributed by atoms with E-state index in [0.29, 0.717) is 11.1 Å². The van der Waals surface area contributed by atoms with Gasteiger partial charge in [-0.2, -0.15) is 0 Å². The quantitative estimate of drug-likeness (QED) is 0.832. The van der Waals surface area contributed by atoms with Gasteiger partial charge in [-0.1, -0.05) is 29.8 Å². The molecule has 4 nitrogen and oxygen atoms in total. The fourth-order valence-corrected chi connectivity index (χ4v) is 2.35. The molecule has 0 spiro atoms. The van der Waals surface area contributed by atoms with Gasteiger partial charge in [0.25, 0.3) is 0 Å². The Hall–Kier alpha value is -1.07. The van der Waals surface area contributed by atoms with Gasteiger partial charge in [0.2, 0.25) is 0 Å². The minimum atomic E-state index is -1.48. The standard InChI is InChI=1S/C14H19BrO4/c1-5-19-14(18)13(17)11-8(4)10(15)6-9(7(2)3)12(11)16/h6-7,13,16-17H,5H2,1-4H3. The van der Waals surface area contributed by atoms with Crippen molar-refractivity contribution in [1.82, 2.24) is 0 Å². The Bertz CT molecular complexity index is 483. The maximum atomic E-state index is 11.6. The second-order valence-corrected chi connectivity index (χ2v) is 5.50. The van der Waals surface area contributed by atoms with Gasteiger partial charge in [-0.05, 0) is 37.0 Å². The average molecular weight is 331 g/mol. The number of aliphatic hydroxyl groups is 1. The van der Waals surface area contributed by atoms with Gasteiger partial charge in [-0.25, -0.2) is 4.79 Å². The van der Waals surface area contributed by atoms with Gasteiger partial charge in [0.05, 0.1) is 6.61 Å². The molecule has 0 radical (unpaired) electrons. The van der Waals surface area contributed by atoms with Crippen molar-refractivity contribution in [3.63, 3.8) is 0 Å². The number of carbonyl (C=O) groups is 1. The van der Waals surface area contributed by atoms with Crippen molar-refractivity contribution in [2.75, 3.05) is 6.61 Å². The second kappa shape index (κ2) is 6.39. The Morgan fingerprint density at radius 1 is 1.47 bits per heavy atom. The molecule has 1 atom stereocenters. The molecular weight excluding hydrogens is 312 g/mol. The lowest BCUT2D eigenvalue weighted by Crippen LogP contribution is -2.17. The van der Waals surface area contributed by atoms with Gasteiger partial charge in [0, 0.05) is 10.0 Å². The molecule has 2 N–H and O–H groups in total. The number of ether oxygens (including phenoxy) is 1. The van der Waals surface area contributed by atoms with E-state index >= 15 is 0 Å². The van der Waals surface area contributed by atoms with Gasteiger partial charge in [-0.3, -0.25) is 0 Å². The van der Waals surface area contributed by atoms with Crippen LogP contribution in [0.1, 0.15) is 49.5 Å². The van der Waals surface area contributed by atoms with E-state index < -0.39 is 12.1 Å². The summed E-state index contributed by atoms with van der Waals surface area (Å²) in [5.41, 5.74) is 1.51. The summed E-state index contributed by atoms with van der Waals surface area (Å²) in [4.78, 5) is 11.6. The number of rotatable bonds is 4.